The lowest BCUT2D eigenvalue weighted by atomic mass is 10.1. The van der Waals surface area contributed by atoms with Gasteiger partial charge in [0.1, 0.15) is 5.75 Å². The second-order valence-corrected chi connectivity index (χ2v) is 7.50. The van der Waals surface area contributed by atoms with Gasteiger partial charge < -0.3 is 15.0 Å². The number of carbonyl (C=O) groups excluding carboxylic acids is 2. The highest BCUT2D eigenvalue weighted by Crippen LogP contribution is 2.18. The number of rotatable bonds is 9. The summed E-state index contributed by atoms with van der Waals surface area (Å²) in [5.41, 5.74) is 2.26. The molecule has 6 nitrogen and oxygen atoms in total. The first kappa shape index (κ1) is 23.3. The third-order valence-corrected chi connectivity index (χ3v) is 4.66. The third kappa shape index (κ3) is 7.48. The number of nitrogens with one attached hydrogen (secondary N) is 2. The van der Waals surface area contributed by atoms with E-state index in [1.54, 1.807) is 37.2 Å². The van der Waals surface area contributed by atoms with Crippen LogP contribution in [0.5, 0.6) is 5.75 Å². The molecule has 7 heteroatoms. The molecule has 2 amide bonds. The SMILES string of the molecule is CCCCOc1ccccc1C(=O)NC(=S)Nc1ccc(CCC(=O)N(C)C)cc1. The van der Waals surface area contributed by atoms with Gasteiger partial charge in [-0.15, -0.1) is 0 Å². The lowest BCUT2D eigenvalue weighted by molar-refractivity contribution is -0.128. The fraction of sp³-hybridized carbons (Fsp3) is 0.348. The van der Waals surface area contributed by atoms with Gasteiger partial charge in [0, 0.05) is 26.2 Å². The molecule has 2 aromatic carbocycles. The van der Waals surface area contributed by atoms with Crippen molar-refractivity contribution in [3.05, 3.63) is 59.7 Å². The molecular formula is C23H29N3O3S. The largest absolute Gasteiger partial charge is 0.493 e. The van der Waals surface area contributed by atoms with Gasteiger partial charge in [-0.3, -0.25) is 14.9 Å². The van der Waals surface area contributed by atoms with E-state index >= 15 is 0 Å². The van der Waals surface area contributed by atoms with Crippen LogP contribution in [0, 0.1) is 0 Å². The van der Waals surface area contributed by atoms with Gasteiger partial charge in [-0.1, -0.05) is 37.6 Å². The Kier molecular flexibility index (Phi) is 9.28. The molecule has 0 bridgehead atoms. The van der Waals surface area contributed by atoms with Gasteiger partial charge in [0.05, 0.1) is 12.2 Å². The van der Waals surface area contributed by atoms with Crippen LogP contribution in [0.4, 0.5) is 5.69 Å². The van der Waals surface area contributed by atoms with E-state index in [2.05, 4.69) is 17.6 Å². The monoisotopic (exact) mass is 427 g/mol. The van der Waals surface area contributed by atoms with Gasteiger partial charge in [-0.25, -0.2) is 0 Å². The van der Waals surface area contributed by atoms with E-state index < -0.39 is 0 Å². The molecule has 0 saturated carbocycles. The molecule has 2 N–H and O–H groups in total. The molecule has 0 aliphatic carbocycles. The molecule has 160 valence electrons. The second-order valence-electron chi connectivity index (χ2n) is 7.09. The number of amides is 2. The van der Waals surface area contributed by atoms with Crippen LogP contribution < -0.4 is 15.4 Å². The highest BCUT2D eigenvalue weighted by molar-refractivity contribution is 7.80. The van der Waals surface area contributed by atoms with Crippen molar-refractivity contribution >= 4 is 34.8 Å². The van der Waals surface area contributed by atoms with Gasteiger partial charge in [0.15, 0.2) is 5.11 Å². The molecular weight excluding hydrogens is 398 g/mol. The first-order valence-electron chi connectivity index (χ1n) is 10.0. The van der Waals surface area contributed by atoms with E-state index in [-0.39, 0.29) is 16.9 Å². The Morgan fingerprint density at radius 1 is 1.07 bits per heavy atom. The van der Waals surface area contributed by atoms with Crippen molar-refractivity contribution in [2.75, 3.05) is 26.0 Å². The van der Waals surface area contributed by atoms with E-state index in [1.807, 2.05) is 30.3 Å². The molecule has 0 saturated heterocycles. The number of aryl methyl sites for hydroxylation is 1. The zero-order valence-corrected chi connectivity index (χ0v) is 18.6. The molecule has 0 radical (unpaired) electrons. The predicted octanol–water partition coefficient (Wildman–Crippen LogP) is 4.01. The van der Waals surface area contributed by atoms with E-state index in [0.717, 1.165) is 24.1 Å². The van der Waals surface area contributed by atoms with Crippen molar-refractivity contribution in [1.29, 1.82) is 0 Å². The number of unbranched alkanes of at least 4 members (excludes halogenated alkanes) is 1. The van der Waals surface area contributed by atoms with E-state index in [4.69, 9.17) is 17.0 Å². The van der Waals surface area contributed by atoms with Gasteiger partial charge in [-0.05, 0) is 54.9 Å². The van der Waals surface area contributed by atoms with Crippen molar-refractivity contribution in [2.24, 2.45) is 0 Å². The van der Waals surface area contributed by atoms with Crippen LogP contribution in [0.15, 0.2) is 48.5 Å². The minimum Gasteiger partial charge on any atom is -0.493 e. The molecule has 0 unspecified atom stereocenters. The summed E-state index contributed by atoms with van der Waals surface area (Å²) < 4.78 is 5.71. The quantitative estimate of drug-likeness (QED) is 0.467. The number of anilines is 1. The van der Waals surface area contributed by atoms with Gasteiger partial charge in [0.25, 0.3) is 5.91 Å². The van der Waals surface area contributed by atoms with Crippen molar-refractivity contribution in [1.82, 2.24) is 10.2 Å². The lowest BCUT2D eigenvalue weighted by Gasteiger charge is -2.13. The van der Waals surface area contributed by atoms with Crippen LogP contribution in [0.2, 0.25) is 0 Å². The van der Waals surface area contributed by atoms with Crippen LogP contribution in [0.3, 0.4) is 0 Å². The van der Waals surface area contributed by atoms with Gasteiger partial charge >= 0.3 is 0 Å². The standard InChI is InChI=1S/C23H29N3O3S/c1-4-5-16-29-20-9-7-6-8-19(20)22(28)25-23(30)24-18-13-10-17(11-14-18)12-15-21(27)26(2)3/h6-11,13-14H,4-5,12,15-16H2,1-3H3,(H2,24,25,28,30). The summed E-state index contributed by atoms with van der Waals surface area (Å²) in [5.74, 6) is 0.321. The first-order valence-corrected chi connectivity index (χ1v) is 10.4. The van der Waals surface area contributed by atoms with Gasteiger partial charge in [-0.2, -0.15) is 0 Å². The van der Waals surface area contributed by atoms with Crippen LogP contribution in [0.25, 0.3) is 0 Å². The number of nitrogens with zero attached hydrogens (tertiary/aromatic N) is 1. The van der Waals surface area contributed by atoms with E-state index in [0.29, 0.717) is 30.8 Å². The molecule has 0 heterocycles. The number of carbonyl (C=O) groups is 2. The van der Waals surface area contributed by atoms with Crippen molar-refractivity contribution < 1.29 is 14.3 Å². The Labute approximate surface area is 183 Å². The van der Waals surface area contributed by atoms with E-state index in [9.17, 15) is 9.59 Å². The molecule has 2 rings (SSSR count). The Hall–Kier alpha value is -2.93. The predicted molar refractivity (Wildman–Crippen MR) is 124 cm³/mol. The highest BCUT2D eigenvalue weighted by atomic mass is 32.1. The normalized spacial score (nSPS) is 10.2. The molecule has 0 aliphatic heterocycles. The summed E-state index contributed by atoms with van der Waals surface area (Å²) in [4.78, 5) is 25.9. The maximum absolute atomic E-state index is 12.6. The maximum Gasteiger partial charge on any atom is 0.261 e. The topological polar surface area (TPSA) is 70.7 Å². The molecule has 0 aliphatic rings. The van der Waals surface area contributed by atoms with Crippen molar-refractivity contribution in [3.63, 3.8) is 0 Å². The Morgan fingerprint density at radius 3 is 2.43 bits per heavy atom. The first-order chi connectivity index (χ1) is 14.4. The minimum absolute atomic E-state index is 0.0973. The molecule has 0 fully saturated rings. The summed E-state index contributed by atoms with van der Waals surface area (Å²) in [5, 5.41) is 5.91. The second kappa shape index (κ2) is 11.9. The number of para-hydroxylation sites is 1. The third-order valence-electron chi connectivity index (χ3n) is 4.45. The van der Waals surface area contributed by atoms with Crippen LogP contribution in [-0.4, -0.2) is 42.5 Å². The Balaban J connectivity index is 1.90. The van der Waals surface area contributed by atoms with Crippen molar-refractivity contribution in [2.45, 2.75) is 32.6 Å². The number of hydrogen-bond acceptors (Lipinski definition) is 4. The number of hydrogen-bond donors (Lipinski definition) is 2. The zero-order valence-electron chi connectivity index (χ0n) is 17.7. The molecule has 0 atom stereocenters. The summed E-state index contributed by atoms with van der Waals surface area (Å²) in [7, 11) is 3.50. The fourth-order valence-electron chi connectivity index (χ4n) is 2.67. The summed E-state index contributed by atoms with van der Waals surface area (Å²) in [6.07, 6.45) is 3.09. The van der Waals surface area contributed by atoms with Crippen LogP contribution in [0.1, 0.15) is 42.1 Å². The Bertz CT molecular complexity index is 866. The summed E-state index contributed by atoms with van der Waals surface area (Å²) in [6, 6.07) is 14.7. The number of benzene rings is 2. The minimum atomic E-state index is -0.321. The molecule has 0 aromatic heterocycles. The van der Waals surface area contributed by atoms with Crippen LogP contribution >= 0.6 is 12.2 Å². The number of ether oxygens (including phenoxy) is 1. The van der Waals surface area contributed by atoms with E-state index in [1.165, 1.54) is 0 Å². The average Bonchev–Trinajstić information content (AvgIpc) is 2.73. The van der Waals surface area contributed by atoms with Gasteiger partial charge in [0.2, 0.25) is 5.91 Å². The fourth-order valence-corrected chi connectivity index (χ4v) is 2.88. The molecule has 30 heavy (non-hydrogen) atoms. The molecule has 0 spiro atoms. The Morgan fingerprint density at radius 2 is 1.77 bits per heavy atom. The molecule has 2 aromatic rings. The zero-order chi connectivity index (χ0) is 21.9. The van der Waals surface area contributed by atoms with Crippen molar-refractivity contribution in [3.8, 4) is 5.75 Å². The summed E-state index contributed by atoms with van der Waals surface area (Å²) >= 11 is 5.27. The smallest absolute Gasteiger partial charge is 0.261 e. The highest BCUT2D eigenvalue weighted by Gasteiger charge is 2.13. The van der Waals surface area contributed by atoms with Crippen LogP contribution in [-0.2, 0) is 11.2 Å². The average molecular weight is 428 g/mol. The maximum atomic E-state index is 12.6. The summed E-state index contributed by atoms with van der Waals surface area (Å²) in [6.45, 7) is 2.65. The lowest BCUT2D eigenvalue weighted by Crippen LogP contribution is -2.34. The number of thiocarbonyl (C=S) groups is 1.